The van der Waals surface area contributed by atoms with E-state index in [2.05, 4.69) is 10.3 Å². The van der Waals surface area contributed by atoms with E-state index in [1.54, 1.807) is 4.68 Å². The fraction of sp³-hybridized carbons (Fsp3) is 0.200. The zero-order valence-corrected chi connectivity index (χ0v) is 10.2. The SMILES string of the molecule is Cl.Cl.NCCn1cc(-c2ccccc2)nn1. The van der Waals surface area contributed by atoms with Crippen LogP contribution in [0, 0.1) is 0 Å². The molecular formula is C10H14Cl2N4. The molecule has 0 spiro atoms. The van der Waals surface area contributed by atoms with E-state index in [0.717, 1.165) is 11.3 Å². The zero-order chi connectivity index (χ0) is 9.80. The lowest BCUT2D eigenvalue weighted by Crippen LogP contribution is -2.10. The Morgan fingerprint density at radius 1 is 1.12 bits per heavy atom. The molecule has 0 aliphatic carbocycles. The average molecular weight is 261 g/mol. The summed E-state index contributed by atoms with van der Waals surface area (Å²) >= 11 is 0. The normalized spacial score (nSPS) is 9.06. The Balaban J connectivity index is 0.00000112. The van der Waals surface area contributed by atoms with Crippen LogP contribution in [0.5, 0.6) is 0 Å². The standard InChI is InChI=1S/C10H12N4.2ClH/c11-6-7-14-8-10(12-13-14)9-4-2-1-3-5-9;;/h1-5,8H,6-7,11H2;2*1H. The molecule has 1 heterocycles. The van der Waals surface area contributed by atoms with Gasteiger partial charge in [0.15, 0.2) is 0 Å². The third-order valence-electron chi connectivity index (χ3n) is 1.97. The summed E-state index contributed by atoms with van der Waals surface area (Å²) in [6.45, 7) is 1.29. The molecule has 0 amide bonds. The van der Waals surface area contributed by atoms with Crippen LogP contribution in [0.15, 0.2) is 36.5 Å². The molecule has 88 valence electrons. The molecule has 0 fully saturated rings. The molecule has 1 aromatic carbocycles. The summed E-state index contributed by atoms with van der Waals surface area (Å²) < 4.78 is 1.75. The van der Waals surface area contributed by atoms with Crippen LogP contribution in [0.1, 0.15) is 0 Å². The molecule has 1 aromatic heterocycles. The second kappa shape index (κ2) is 7.22. The van der Waals surface area contributed by atoms with E-state index in [4.69, 9.17) is 5.73 Å². The predicted octanol–water partition coefficient (Wildman–Crippen LogP) is 1.75. The second-order valence-electron chi connectivity index (χ2n) is 3.02. The van der Waals surface area contributed by atoms with Crippen molar-refractivity contribution in [1.29, 1.82) is 0 Å². The molecule has 0 bridgehead atoms. The lowest BCUT2D eigenvalue weighted by molar-refractivity contribution is 0.598. The van der Waals surface area contributed by atoms with Crippen molar-refractivity contribution in [2.45, 2.75) is 6.54 Å². The highest BCUT2D eigenvalue weighted by molar-refractivity contribution is 5.85. The van der Waals surface area contributed by atoms with Gasteiger partial charge in [-0.25, -0.2) is 0 Å². The first kappa shape index (κ1) is 14.9. The minimum Gasteiger partial charge on any atom is -0.329 e. The molecule has 0 unspecified atom stereocenters. The molecule has 6 heteroatoms. The Labute approximate surface area is 107 Å². The van der Waals surface area contributed by atoms with Gasteiger partial charge in [-0.1, -0.05) is 35.5 Å². The first-order chi connectivity index (χ1) is 6.90. The van der Waals surface area contributed by atoms with Gasteiger partial charge in [0.25, 0.3) is 0 Å². The van der Waals surface area contributed by atoms with Crippen LogP contribution in [0.4, 0.5) is 0 Å². The second-order valence-corrected chi connectivity index (χ2v) is 3.02. The molecule has 2 rings (SSSR count). The summed E-state index contributed by atoms with van der Waals surface area (Å²) in [5.74, 6) is 0. The fourth-order valence-corrected chi connectivity index (χ4v) is 1.28. The Hall–Kier alpha value is -1.10. The fourth-order valence-electron chi connectivity index (χ4n) is 1.28. The van der Waals surface area contributed by atoms with Crippen molar-refractivity contribution in [2.24, 2.45) is 5.73 Å². The molecule has 0 saturated carbocycles. The summed E-state index contributed by atoms with van der Waals surface area (Å²) in [5, 5.41) is 8.03. The molecule has 2 aromatic rings. The third kappa shape index (κ3) is 3.48. The van der Waals surface area contributed by atoms with Crippen LogP contribution in [-0.2, 0) is 6.54 Å². The maximum Gasteiger partial charge on any atom is 0.113 e. The van der Waals surface area contributed by atoms with Crippen molar-refractivity contribution in [1.82, 2.24) is 15.0 Å². The van der Waals surface area contributed by atoms with E-state index in [1.165, 1.54) is 0 Å². The summed E-state index contributed by atoms with van der Waals surface area (Å²) in [7, 11) is 0. The lowest BCUT2D eigenvalue weighted by atomic mass is 10.2. The minimum atomic E-state index is 0. The largest absolute Gasteiger partial charge is 0.329 e. The molecule has 0 aliphatic rings. The van der Waals surface area contributed by atoms with E-state index in [0.29, 0.717) is 13.1 Å². The molecule has 0 atom stereocenters. The third-order valence-corrected chi connectivity index (χ3v) is 1.97. The van der Waals surface area contributed by atoms with Gasteiger partial charge in [-0.05, 0) is 0 Å². The number of aromatic nitrogens is 3. The average Bonchev–Trinajstić information content (AvgIpc) is 2.68. The van der Waals surface area contributed by atoms with Crippen LogP contribution < -0.4 is 5.73 Å². The van der Waals surface area contributed by atoms with Gasteiger partial charge in [0, 0.05) is 12.1 Å². The van der Waals surface area contributed by atoms with Crippen LogP contribution in [0.25, 0.3) is 11.3 Å². The van der Waals surface area contributed by atoms with E-state index >= 15 is 0 Å². The number of nitrogens with zero attached hydrogens (tertiary/aromatic N) is 3. The Morgan fingerprint density at radius 3 is 2.44 bits per heavy atom. The lowest BCUT2D eigenvalue weighted by Gasteiger charge is -1.94. The van der Waals surface area contributed by atoms with Crippen LogP contribution in [0.2, 0.25) is 0 Å². The molecular weight excluding hydrogens is 247 g/mol. The maximum absolute atomic E-state index is 5.42. The quantitative estimate of drug-likeness (QED) is 0.915. The first-order valence-electron chi connectivity index (χ1n) is 4.56. The molecule has 0 saturated heterocycles. The molecule has 0 radical (unpaired) electrons. The van der Waals surface area contributed by atoms with E-state index < -0.39 is 0 Å². The smallest absolute Gasteiger partial charge is 0.113 e. The van der Waals surface area contributed by atoms with Crippen LogP contribution >= 0.6 is 24.8 Å². The predicted molar refractivity (Wildman–Crippen MR) is 69.0 cm³/mol. The number of hydrogen-bond acceptors (Lipinski definition) is 3. The monoisotopic (exact) mass is 260 g/mol. The molecule has 4 nitrogen and oxygen atoms in total. The Morgan fingerprint density at radius 2 is 1.81 bits per heavy atom. The van der Waals surface area contributed by atoms with E-state index in [1.807, 2.05) is 36.5 Å². The van der Waals surface area contributed by atoms with Gasteiger partial charge in [0.05, 0.1) is 12.7 Å². The highest BCUT2D eigenvalue weighted by atomic mass is 35.5. The highest BCUT2D eigenvalue weighted by Crippen LogP contribution is 2.14. The number of halogens is 2. The van der Waals surface area contributed by atoms with E-state index in [9.17, 15) is 0 Å². The summed E-state index contributed by atoms with van der Waals surface area (Å²) in [5.41, 5.74) is 7.39. The first-order valence-corrected chi connectivity index (χ1v) is 4.56. The van der Waals surface area contributed by atoms with Crippen molar-refractivity contribution in [2.75, 3.05) is 6.54 Å². The van der Waals surface area contributed by atoms with Crippen molar-refractivity contribution < 1.29 is 0 Å². The van der Waals surface area contributed by atoms with Crippen molar-refractivity contribution >= 4 is 24.8 Å². The van der Waals surface area contributed by atoms with Crippen molar-refractivity contribution in [3.8, 4) is 11.3 Å². The van der Waals surface area contributed by atoms with Crippen LogP contribution in [0.3, 0.4) is 0 Å². The van der Waals surface area contributed by atoms with Gasteiger partial charge in [0.2, 0.25) is 0 Å². The summed E-state index contributed by atoms with van der Waals surface area (Å²) in [6, 6.07) is 9.97. The van der Waals surface area contributed by atoms with Gasteiger partial charge < -0.3 is 5.73 Å². The molecule has 16 heavy (non-hydrogen) atoms. The van der Waals surface area contributed by atoms with Gasteiger partial charge in [0.1, 0.15) is 5.69 Å². The van der Waals surface area contributed by atoms with Gasteiger partial charge in [-0.3, -0.25) is 4.68 Å². The van der Waals surface area contributed by atoms with Gasteiger partial charge >= 0.3 is 0 Å². The number of nitrogens with two attached hydrogens (primary N) is 1. The zero-order valence-electron chi connectivity index (χ0n) is 8.61. The molecule has 2 N–H and O–H groups in total. The summed E-state index contributed by atoms with van der Waals surface area (Å²) in [6.07, 6.45) is 1.90. The number of rotatable bonds is 3. The van der Waals surface area contributed by atoms with Crippen molar-refractivity contribution in [3.63, 3.8) is 0 Å². The van der Waals surface area contributed by atoms with Crippen molar-refractivity contribution in [3.05, 3.63) is 36.5 Å². The Kier molecular flexibility index (Phi) is 6.72. The maximum atomic E-state index is 5.42. The van der Waals surface area contributed by atoms with Gasteiger partial charge in [-0.15, -0.1) is 29.9 Å². The van der Waals surface area contributed by atoms with E-state index in [-0.39, 0.29) is 24.8 Å². The number of benzene rings is 1. The number of hydrogen-bond donors (Lipinski definition) is 1. The molecule has 0 aliphatic heterocycles. The van der Waals surface area contributed by atoms with Crippen LogP contribution in [-0.4, -0.2) is 21.5 Å². The Bertz CT molecular complexity index is 402. The minimum absolute atomic E-state index is 0. The highest BCUT2D eigenvalue weighted by Gasteiger charge is 2.01. The summed E-state index contributed by atoms with van der Waals surface area (Å²) in [4.78, 5) is 0. The topological polar surface area (TPSA) is 56.7 Å². The van der Waals surface area contributed by atoms with Gasteiger partial charge in [-0.2, -0.15) is 0 Å².